The van der Waals surface area contributed by atoms with Crippen molar-refractivity contribution in [3.63, 3.8) is 0 Å². The predicted molar refractivity (Wildman–Crippen MR) is 151 cm³/mol. The normalized spacial score (nSPS) is 16.7. The summed E-state index contributed by atoms with van der Waals surface area (Å²) in [6.45, 7) is 6.99. The van der Waals surface area contributed by atoms with E-state index in [9.17, 15) is 9.59 Å². The zero-order chi connectivity index (χ0) is 26.4. The van der Waals surface area contributed by atoms with Gasteiger partial charge in [0, 0.05) is 65.8 Å². The van der Waals surface area contributed by atoms with Crippen molar-refractivity contribution in [1.82, 2.24) is 24.8 Å². The number of aryl methyl sites for hydroxylation is 1. The van der Waals surface area contributed by atoms with Gasteiger partial charge in [-0.3, -0.25) is 9.59 Å². The number of amides is 2. The van der Waals surface area contributed by atoms with Crippen LogP contribution < -0.4 is 5.32 Å². The summed E-state index contributed by atoms with van der Waals surface area (Å²) in [6.07, 6.45) is 3.56. The Bertz CT molecular complexity index is 1580. The molecular formula is C29H28N6O2S. The van der Waals surface area contributed by atoms with E-state index < -0.39 is 0 Å². The van der Waals surface area contributed by atoms with Gasteiger partial charge in [0.1, 0.15) is 10.8 Å². The summed E-state index contributed by atoms with van der Waals surface area (Å²) in [5.41, 5.74) is 7.04. The molecule has 2 N–H and O–H groups in total. The molecule has 38 heavy (non-hydrogen) atoms. The zero-order valence-corrected chi connectivity index (χ0v) is 22.4. The van der Waals surface area contributed by atoms with Gasteiger partial charge in [-0.15, -0.1) is 11.3 Å². The third kappa shape index (κ3) is 4.33. The monoisotopic (exact) mass is 524 g/mol. The van der Waals surface area contributed by atoms with Crippen molar-refractivity contribution in [2.45, 2.75) is 13.8 Å². The van der Waals surface area contributed by atoms with E-state index >= 15 is 0 Å². The third-order valence-corrected chi connectivity index (χ3v) is 8.14. The number of aromatic nitrogens is 3. The first-order valence-electron chi connectivity index (χ1n) is 12.6. The van der Waals surface area contributed by atoms with E-state index in [0.717, 1.165) is 57.4 Å². The number of pyridine rings is 1. The Hall–Kier alpha value is -4.08. The molecule has 0 unspecified atom stereocenters. The van der Waals surface area contributed by atoms with Gasteiger partial charge in [-0.25, -0.2) is 9.97 Å². The number of H-pyrrole nitrogens is 1. The van der Waals surface area contributed by atoms with Crippen LogP contribution >= 0.6 is 11.3 Å². The van der Waals surface area contributed by atoms with Crippen LogP contribution in [-0.4, -0.2) is 69.8 Å². The Morgan fingerprint density at radius 3 is 2.61 bits per heavy atom. The van der Waals surface area contributed by atoms with E-state index in [1.807, 2.05) is 66.6 Å². The Kier molecular flexibility index (Phi) is 6.17. The van der Waals surface area contributed by atoms with Gasteiger partial charge in [-0.1, -0.05) is 30.3 Å². The summed E-state index contributed by atoms with van der Waals surface area (Å²) >= 11 is 1.58. The number of fused-ring (bicyclic) bond motifs is 1. The first-order valence-corrected chi connectivity index (χ1v) is 13.5. The van der Waals surface area contributed by atoms with Crippen molar-refractivity contribution in [2.75, 3.05) is 38.5 Å². The van der Waals surface area contributed by atoms with Crippen LogP contribution in [0.25, 0.3) is 33.5 Å². The number of hydrogen-bond acceptors (Lipinski definition) is 6. The molecule has 0 bridgehead atoms. The maximum atomic E-state index is 13.3. The number of anilines is 1. The van der Waals surface area contributed by atoms with Crippen LogP contribution in [0, 0.1) is 13.8 Å². The smallest absolute Gasteiger partial charge is 0.257 e. The Balaban J connectivity index is 1.32. The van der Waals surface area contributed by atoms with E-state index in [4.69, 9.17) is 4.98 Å². The van der Waals surface area contributed by atoms with Gasteiger partial charge in [0.2, 0.25) is 0 Å². The molecule has 4 aromatic rings. The van der Waals surface area contributed by atoms with E-state index in [1.165, 1.54) is 0 Å². The van der Waals surface area contributed by atoms with Gasteiger partial charge in [-0.2, -0.15) is 0 Å². The molecule has 0 saturated carbocycles. The highest BCUT2D eigenvalue weighted by atomic mass is 32.1. The van der Waals surface area contributed by atoms with Crippen LogP contribution in [0.15, 0.2) is 48.0 Å². The van der Waals surface area contributed by atoms with Crippen molar-refractivity contribution in [3.05, 3.63) is 76.1 Å². The third-order valence-electron chi connectivity index (χ3n) is 7.24. The Labute approximate surface area is 225 Å². The molecule has 3 aromatic heterocycles. The molecule has 1 aromatic carbocycles. The Morgan fingerprint density at radius 2 is 1.84 bits per heavy atom. The van der Waals surface area contributed by atoms with Crippen LogP contribution in [0.1, 0.15) is 32.9 Å². The minimum Gasteiger partial charge on any atom is -0.358 e. The van der Waals surface area contributed by atoms with Crippen molar-refractivity contribution in [3.8, 4) is 21.8 Å². The second-order valence-electron chi connectivity index (χ2n) is 9.80. The van der Waals surface area contributed by atoms with Crippen molar-refractivity contribution >= 4 is 40.6 Å². The van der Waals surface area contributed by atoms with Crippen molar-refractivity contribution in [2.24, 2.45) is 0 Å². The molecule has 8 nitrogen and oxygen atoms in total. The molecule has 192 valence electrons. The molecule has 1 fully saturated rings. The second kappa shape index (κ2) is 9.66. The maximum absolute atomic E-state index is 13.3. The summed E-state index contributed by atoms with van der Waals surface area (Å²) in [6, 6.07) is 12.0. The first kappa shape index (κ1) is 24.3. The largest absolute Gasteiger partial charge is 0.358 e. The maximum Gasteiger partial charge on any atom is 0.257 e. The second-order valence-corrected chi connectivity index (χ2v) is 10.7. The highest BCUT2D eigenvalue weighted by molar-refractivity contribution is 7.13. The quantitative estimate of drug-likeness (QED) is 0.378. The number of rotatable bonds is 4. The summed E-state index contributed by atoms with van der Waals surface area (Å²) in [5.74, 6) is 0.344. The fourth-order valence-electron chi connectivity index (χ4n) is 5.02. The number of hydrogen-bond donors (Lipinski definition) is 2. The highest BCUT2D eigenvalue weighted by Gasteiger charge is 2.29. The molecule has 1 saturated heterocycles. The molecule has 2 aliphatic rings. The molecule has 9 heteroatoms. The number of nitrogens with one attached hydrogen (secondary N) is 2. The van der Waals surface area contributed by atoms with Gasteiger partial charge in [0.25, 0.3) is 11.8 Å². The number of carbonyl (C=O) groups excluding carboxylic acids is 2. The molecule has 0 atom stereocenters. The number of thiazole rings is 1. The SMILES string of the molecule is Cc1[nH]c(C=C2C(=O)Nc3ncc(-c4csc(-c5ccccc5)n4)cc32)c(C)c1C(=O)N1CCN(C)CC1. The van der Waals surface area contributed by atoms with Crippen LogP contribution in [0.3, 0.4) is 0 Å². The average Bonchev–Trinajstić information content (AvgIpc) is 3.61. The molecular weight excluding hydrogens is 496 g/mol. The standard InChI is InChI=1S/C29H28N6O2S/c1-17-23(31-18(2)25(17)29(37)35-11-9-34(3)10-12-35)14-22-21-13-20(15-30-26(21)33-27(22)36)24-16-38-28(32-24)19-7-5-4-6-8-19/h4-8,13-16,31H,9-12H2,1-3H3,(H,30,33,36). The summed E-state index contributed by atoms with van der Waals surface area (Å²) in [5, 5.41) is 5.81. The lowest BCUT2D eigenvalue weighted by atomic mass is 10.0. The molecule has 0 aliphatic carbocycles. The zero-order valence-electron chi connectivity index (χ0n) is 21.5. The van der Waals surface area contributed by atoms with Crippen molar-refractivity contribution < 1.29 is 9.59 Å². The predicted octanol–water partition coefficient (Wildman–Crippen LogP) is 4.70. The summed E-state index contributed by atoms with van der Waals surface area (Å²) < 4.78 is 0. The molecule has 0 spiro atoms. The average molecular weight is 525 g/mol. The van der Waals surface area contributed by atoms with E-state index in [-0.39, 0.29) is 11.8 Å². The summed E-state index contributed by atoms with van der Waals surface area (Å²) in [4.78, 5) is 43.1. The lowest BCUT2D eigenvalue weighted by Crippen LogP contribution is -2.47. The number of carbonyl (C=O) groups is 2. The highest BCUT2D eigenvalue weighted by Crippen LogP contribution is 2.36. The van der Waals surface area contributed by atoms with Gasteiger partial charge < -0.3 is 20.1 Å². The van der Waals surface area contributed by atoms with Crippen LogP contribution in [0.5, 0.6) is 0 Å². The van der Waals surface area contributed by atoms with Crippen LogP contribution in [0.2, 0.25) is 0 Å². The molecule has 2 aliphatic heterocycles. The van der Waals surface area contributed by atoms with Gasteiger partial charge >= 0.3 is 0 Å². The van der Waals surface area contributed by atoms with Crippen LogP contribution in [-0.2, 0) is 4.79 Å². The lowest BCUT2D eigenvalue weighted by molar-refractivity contribution is -0.110. The fraction of sp³-hybridized carbons (Fsp3) is 0.241. The number of benzene rings is 1. The molecule has 6 rings (SSSR count). The number of aromatic amines is 1. The first-order chi connectivity index (χ1) is 18.4. The van der Waals surface area contributed by atoms with Gasteiger partial charge in [0.05, 0.1) is 16.8 Å². The number of likely N-dealkylation sites (N-methyl/N-ethyl adjacent to an activating group) is 1. The van der Waals surface area contributed by atoms with Gasteiger partial charge in [0.15, 0.2) is 0 Å². The minimum absolute atomic E-state index is 0.0342. The van der Waals surface area contributed by atoms with Crippen molar-refractivity contribution in [1.29, 1.82) is 0 Å². The topological polar surface area (TPSA) is 94.2 Å². The Morgan fingerprint density at radius 1 is 1.08 bits per heavy atom. The minimum atomic E-state index is -0.216. The molecule has 2 amide bonds. The molecule has 5 heterocycles. The molecule has 0 radical (unpaired) electrons. The van der Waals surface area contributed by atoms with Crippen LogP contribution in [0.4, 0.5) is 5.82 Å². The number of piperazine rings is 1. The summed E-state index contributed by atoms with van der Waals surface area (Å²) in [7, 11) is 2.07. The van der Waals surface area contributed by atoms with E-state index in [2.05, 4.69) is 27.2 Å². The fourth-order valence-corrected chi connectivity index (χ4v) is 5.86. The van der Waals surface area contributed by atoms with E-state index in [0.29, 0.717) is 30.0 Å². The number of nitrogens with zero attached hydrogens (tertiary/aromatic N) is 4. The van der Waals surface area contributed by atoms with E-state index in [1.54, 1.807) is 17.5 Å². The lowest BCUT2D eigenvalue weighted by Gasteiger charge is -2.32. The van der Waals surface area contributed by atoms with Gasteiger partial charge in [-0.05, 0) is 38.6 Å².